The van der Waals surface area contributed by atoms with E-state index in [-0.39, 0.29) is 36.5 Å². The van der Waals surface area contributed by atoms with E-state index in [1.165, 1.54) is 18.2 Å². The van der Waals surface area contributed by atoms with Gasteiger partial charge in [-0.2, -0.15) is 8.78 Å². The van der Waals surface area contributed by atoms with Crippen molar-refractivity contribution in [2.45, 2.75) is 25.9 Å². The highest BCUT2D eigenvalue weighted by atomic mass is 19.3. The molecule has 2 aromatic rings. The maximum absolute atomic E-state index is 12.6. The van der Waals surface area contributed by atoms with Gasteiger partial charge in [-0.15, -0.1) is 0 Å². The number of alkyl halides is 2. The number of rotatable bonds is 8. The summed E-state index contributed by atoms with van der Waals surface area (Å²) in [5.41, 5.74) is 0.373. The molecular weight excluding hydrogens is 394 g/mol. The second-order valence-corrected chi connectivity index (χ2v) is 6.99. The second kappa shape index (κ2) is 10.6. The first-order valence-corrected chi connectivity index (χ1v) is 9.82. The Balaban J connectivity index is 1.48. The van der Waals surface area contributed by atoms with Crippen LogP contribution in [0.5, 0.6) is 11.5 Å². The number of halogens is 2. The monoisotopic (exact) mass is 418 g/mol. The zero-order chi connectivity index (χ0) is 21.3. The number of benzene rings is 2. The van der Waals surface area contributed by atoms with E-state index in [9.17, 15) is 18.4 Å². The smallest absolute Gasteiger partial charge is 0.387 e. The lowest BCUT2D eigenvalue weighted by molar-refractivity contribution is -0.135. The van der Waals surface area contributed by atoms with E-state index in [4.69, 9.17) is 4.74 Å². The molecule has 1 saturated heterocycles. The summed E-state index contributed by atoms with van der Waals surface area (Å²) in [5, 5.41) is 2.72. The number of nitrogens with one attached hydrogen (secondary N) is 1. The maximum atomic E-state index is 12.6. The predicted octanol–water partition coefficient (Wildman–Crippen LogP) is 3.93. The van der Waals surface area contributed by atoms with E-state index in [0.717, 1.165) is 6.42 Å². The largest absolute Gasteiger partial charge is 0.493 e. The summed E-state index contributed by atoms with van der Waals surface area (Å²) in [5.74, 6) is 0.0105. The molecule has 0 spiro atoms. The molecule has 3 rings (SSSR count). The van der Waals surface area contributed by atoms with Crippen molar-refractivity contribution in [1.29, 1.82) is 0 Å². The van der Waals surface area contributed by atoms with Crippen molar-refractivity contribution in [2.75, 3.05) is 25.0 Å². The van der Waals surface area contributed by atoms with Gasteiger partial charge in [0.15, 0.2) is 0 Å². The standard InChI is InChI=1S/C22H24F2N2O4/c23-22(24)30-19-10-4-7-17(14-19)25-21(28)16-6-5-12-26(15-16)20(27)11-13-29-18-8-2-1-3-9-18/h1-4,7-10,14,16,22H,5-6,11-13,15H2,(H,25,28). The molecule has 0 saturated carbocycles. The third-order valence-electron chi connectivity index (χ3n) is 4.80. The lowest BCUT2D eigenvalue weighted by Crippen LogP contribution is -2.44. The fourth-order valence-electron chi connectivity index (χ4n) is 3.34. The minimum absolute atomic E-state index is 0.0262. The molecule has 160 valence electrons. The maximum Gasteiger partial charge on any atom is 0.387 e. The van der Waals surface area contributed by atoms with Crippen molar-refractivity contribution >= 4 is 17.5 Å². The topological polar surface area (TPSA) is 67.9 Å². The van der Waals surface area contributed by atoms with Crippen LogP contribution in [-0.2, 0) is 9.59 Å². The molecule has 0 radical (unpaired) electrons. The second-order valence-electron chi connectivity index (χ2n) is 6.99. The molecule has 0 aromatic heterocycles. The van der Waals surface area contributed by atoms with Gasteiger partial charge in [-0.05, 0) is 37.1 Å². The highest BCUT2D eigenvalue weighted by Crippen LogP contribution is 2.23. The number of carbonyl (C=O) groups is 2. The van der Waals surface area contributed by atoms with Crippen molar-refractivity contribution in [3.8, 4) is 11.5 Å². The number of carbonyl (C=O) groups excluding carboxylic acids is 2. The van der Waals surface area contributed by atoms with Crippen LogP contribution >= 0.6 is 0 Å². The summed E-state index contributed by atoms with van der Waals surface area (Å²) in [6, 6.07) is 15.1. The van der Waals surface area contributed by atoms with Crippen LogP contribution in [0.3, 0.4) is 0 Å². The van der Waals surface area contributed by atoms with Crippen molar-refractivity contribution in [2.24, 2.45) is 5.92 Å². The van der Waals surface area contributed by atoms with Crippen LogP contribution in [0.25, 0.3) is 0 Å². The molecule has 1 heterocycles. The summed E-state index contributed by atoms with van der Waals surface area (Å²) < 4.78 is 34.6. The zero-order valence-electron chi connectivity index (χ0n) is 16.4. The van der Waals surface area contributed by atoms with Crippen molar-refractivity contribution < 1.29 is 27.8 Å². The molecule has 1 fully saturated rings. The number of hydrogen-bond acceptors (Lipinski definition) is 4. The third-order valence-corrected chi connectivity index (χ3v) is 4.80. The first-order chi connectivity index (χ1) is 14.5. The quantitative estimate of drug-likeness (QED) is 0.705. The molecule has 2 amide bonds. The van der Waals surface area contributed by atoms with Gasteiger partial charge in [-0.25, -0.2) is 0 Å². The van der Waals surface area contributed by atoms with Gasteiger partial charge in [0.25, 0.3) is 0 Å². The molecule has 0 bridgehead atoms. The third kappa shape index (κ3) is 6.43. The Morgan fingerprint density at radius 1 is 1.10 bits per heavy atom. The van der Waals surface area contributed by atoms with E-state index in [0.29, 0.717) is 30.9 Å². The van der Waals surface area contributed by atoms with Crippen molar-refractivity contribution in [3.05, 3.63) is 54.6 Å². The summed E-state index contributed by atoms with van der Waals surface area (Å²) in [7, 11) is 0. The SMILES string of the molecule is O=C(Nc1cccc(OC(F)F)c1)C1CCCN(C(=O)CCOc2ccccc2)C1. The Morgan fingerprint density at radius 3 is 2.63 bits per heavy atom. The number of hydrogen-bond donors (Lipinski definition) is 1. The fourth-order valence-corrected chi connectivity index (χ4v) is 3.34. The fraction of sp³-hybridized carbons (Fsp3) is 0.364. The molecule has 6 nitrogen and oxygen atoms in total. The van der Waals surface area contributed by atoms with Gasteiger partial charge in [-0.3, -0.25) is 9.59 Å². The number of likely N-dealkylation sites (tertiary alicyclic amines) is 1. The normalized spacial score (nSPS) is 16.2. The van der Waals surface area contributed by atoms with Gasteiger partial charge < -0.3 is 19.7 Å². The van der Waals surface area contributed by atoms with Gasteiger partial charge in [0.1, 0.15) is 11.5 Å². The number of ether oxygens (including phenoxy) is 2. The molecule has 0 aliphatic carbocycles. The Kier molecular flexibility index (Phi) is 7.59. The lowest BCUT2D eigenvalue weighted by Gasteiger charge is -2.32. The van der Waals surface area contributed by atoms with Crippen LogP contribution in [0.1, 0.15) is 19.3 Å². The van der Waals surface area contributed by atoms with Crippen LogP contribution in [0.15, 0.2) is 54.6 Å². The molecule has 1 aliphatic heterocycles. The van der Waals surface area contributed by atoms with Crippen LogP contribution in [-0.4, -0.2) is 43.0 Å². The van der Waals surface area contributed by atoms with Crippen molar-refractivity contribution in [1.82, 2.24) is 4.90 Å². The summed E-state index contributed by atoms with van der Waals surface area (Å²) in [6.45, 7) is -1.73. The van der Waals surface area contributed by atoms with Gasteiger partial charge in [0, 0.05) is 24.8 Å². The molecule has 1 atom stereocenters. The van der Waals surface area contributed by atoms with E-state index < -0.39 is 6.61 Å². The van der Waals surface area contributed by atoms with E-state index in [1.807, 2.05) is 30.3 Å². The average Bonchev–Trinajstić information content (AvgIpc) is 2.74. The van der Waals surface area contributed by atoms with Crippen LogP contribution < -0.4 is 14.8 Å². The summed E-state index contributed by atoms with van der Waals surface area (Å²) in [6.07, 6.45) is 1.61. The minimum atomic E-state index is -2.93. The number of anilines is 1. The van der Waals surface area contributed by atoms with Gasteiger partial charge >= 0.3 is 6.61 Å². The first kappa shape index (κ1) is 21.5. The van der Waals surface area contributed by atoms with Gasteiger partial charge in [0.2, 0.25) is 11.8 Å². The van der Waals surface area contributed by atoms with Crippen LogP contribution in [0, 0.1) is 5.92 Å². The summed E-state index contributed by atoms with van der Waals surface area (Å²) in [4.78, 5) is 26.8. The Morgan fingerprint density at radius 2 is 1.87 bits per heavy atom. The Bertz CT molecular complexity index is 848. The number of piperidine rings is 1. The van der Waals surface area contributed by atoms with Crippen LogP contribution in [0.2, 0.25) is 0 Å². The molecule has 2 aromatic carbocycles. The zero-order valence-corrected chi connectivity index (χ0v) is 16.4. The Labute approximate surface area is 173 Å². The van der Waals surface area contributed by atoms with Gasteiger partial charge in [-0.1, -0.05) is 24.3 Å². The average molecular weight is 418 g/mol. The minimum Gasteiger partial charge on any atom is -0.493 e. The number of nitrogens with zero attached hydrogens (tertiary/aromatic N) is 1. The van der Waals surface area contributed by atoms with Crippen LogP contribution in [0.4, 0.5) is 14.5 Å². The van der Waals surface area contributed by atoms with E-state index in [2.05, 4.69) is 10.1 Å². The molecule has 30 heavy (non-hydrogen) atoms. The molecule has 1 N–H and O–H groups in total. The van der Waals surface area contributed by atoms with E-state index in [1.54, 1.807) is 11.0 Å². The Hall–Kier alpha value is -3.16. The van der Waals surface area contributed by atoms with E-state index >= 15 is 0 Å². The van der Waals surface area contributed by atoms with Crippen molar-refractivity contribution in [3.63, 3.8) is 0 Å². The first-order valence-electron chi connectivity index (χ1n) is 9.82. The molecular formula is C22H24F2N2O4. The molecule has 1 unspecified atom stereocenters. The molecule has 1 aliphatic rings. The number of amides is 2. The molecule has 8 heteroatoms. The summed E-state index contributed by atoms with van der Waals surface area (Å²) >= 11 is 0. The predicted molar refractivity (Wildman–Crippen MR) is 108 cm³/mol. The highest BCUT2D eigenvalue weighted by Gasteiger charge is 2.28. The van der Waals surface area contributed by atoms with Gasteiger partial charge in [0.05, 0.1) is 18.9 Å². The highest BCUT2D eigenvalue weighted by molar-refractivity contribution is 5.93. The lowest BCUT2D eigenvalue weighted by atomic mass is 9.96. The number of para-hydroxylation sites is 1.